The van der Waals surface area contributed by atoms with Crippen molar-refractivity contribution in [3.8, 4) is 11.5 Å². The lowest BCUT2D eigenvalue weighted by atomic mass is 9.97. The largest absolute Gasteiger partial charge is 0.395 e. The summed E-state index contributed by atoms with van der Waals surface area (Å²) >= 11 is 1.73. The molecule has 0 spiro atoms. The number of aromatic nitrogens is 4. The van der Waals surface area contributed by atoms with Gasteiger partial charge < -0.3 is 15.1 Å². The van der Waals surface area contributed by atoms with Gasteiger partial charge in [-0.25, -0.2) is 15.0 Å². The van der Waals surface area contributed by atoms with Crippen LogP contribution in [0.5, 0.6) is 0 Å². The Hall–Kier alpha value is -2.16. The Morgan fingerprint density at radius 2 is 1.85 bits per heavy atom. The Balaban J connectivity index is 1.94. The van der Waals surface area contributed by atoms with Gasteiger partial charge in [-0.3, -0.25) is 4.98 Å². The molecule has 2 N–H and O–H groups in total. The van der Waals surface area contributed by atoms with E-state index in [1.165, 1.54) is 23.3 Å². The van der Waals surface area contributed by atoms with Gasteiger partial charge in [-0.2, -0.15) is 0 Å². The van der Waals surface area contributed by atoms with Crippen LogP contribution in [0.15, 0.2) is 18.6 Å². The first-order chi connectivity index (χ1) is 12.8. The van der Waals surface area contributed by atoms with Crippen LogP contribution < -0.4 is 4.90 Å². The molecule has 3 aromatic heterocycles. The molecule has 26 heavy (non-hydrogen) atoms. The van der Waals surface area contributed by atoms with Gasteiger partial charge in [0.1, 0.15) is 16.3 Å². The highest BCUT2D eigenvalue weighted by Gasteiger charge is 2.24. The van der Waals surface area contributed by atoms with E-state index in [1.54, 1.807) is 29.9 Å². The lowest BCUT2D eigenvalue weighted by molar-refractivity contribution is 0.281. The van der Waals surface area contributed by atoms with Gasteiger partial charge in [0, 0.05) is 30.4 Å². The number of rotatable bonds is 6. The Labute approximate surface area is 155 Å². The quantitative estimate of drug-likeness (QED) is 0.682. The van der Waals surface area contributed by atoms with Crippen LogP contribution in [-0.2, 0) is 12.8 Å². The molecule has 1 aliphatic carbocycles. The molecule has 0 bridgehead atoms. The van der Waals surface area contributed by atoms with Gasteiger partial charge in [0.15, 0.2) is 5.82 Å². The van der Waals surface area contributed by atoms with Crippen molar-refractivity contribution in [1.82, 2.24) is 19.9 Å². The lowest BCUT2D eigenvalue weighted by Gasteiger charge is -2.24. The lowest BCUT2D eigenvalue weighted by Crippen LogP contribution is -2.31. The van der Waals surface area contributed by atoms with Gasteiger partial charge in [-0.15, -0.1) is 11.3 Å². The standard InChI is InChI=1S/C18H21N5O2S/c24-9-7-23(8-10-25)17-15-12-3-1-2-4-14(12)26-18(15)22-16(21-17)13-11-19-5-6-20-13/h5-6,11,24-25H,1-4,7-10H2. The average Bonchev–Trinajstić information content (AvgIpc) is 3.06. The molecule has 0 fully saturated rings. The molecule has 0 saturated carbocycles. The molecule has 0 aliphatic heterocycles. The second-order valence-corrected chi connectivity index (χ2v) is 7.37. The third-order valence-electron chi connectivity index (χ3n) is 4.63. The maximum atomic E-state index is 9.49. The minimum absolute atomic E-state index is 0.00169. The third kappa shape index (κ3) is 3.15. The summed E-state index contributed by atoms with van der Waals surface area (Å²) < 4.78 is 0. The fraction of sp³-hybridized carbons (Fsp3) is 0.444. The zero-order chi connectivity index (χ0) is 17.9. The van der Waals surface area contributed by atoms with Crippen molar-refractivity contribution in [2.24, 2.45) is 0 Å². The molecule has 4 rings (SSSR count). The fourth-order valence-electron chi connectivity index (χ4n) is 3.46. The number of aliphatic hydroxyl groups excluding tert-OH is 2. The summed E-state index contributed by atoms with van der Waals surface area (Å²) in [5.41, 5.74) is 1.95. The molecular formula is C18H21N5O2S. The molecule has 3 aromatic rings. The molecule has 1 aliphatic rings. The van der Waals surface area contributed by atoms with Crippen molar-refractivity contribution < 1.29 is 10.2 Å². The minimum Gasteiger partial charge on any atom is -0.395 e. The maximum absolute atomic E-state index is 9.49. The average molecular weight is 371 g/mol. The van der Waals surface area contributed by atoms with Crippen LogP contribution in [0.3, 0.4) is 0 Å². The smallest absolute Gasteiger partial charge is 0.183 e. The zero-order valence-corrected chi connectivity index (χ0v) is 15.2. The molecule has 3 heterocycles. The fourth-order valence-corrected chi connectivity index (χ4v) is 4.72. The van der Waals surface area contributed by atoms with Gasteiger partial charge >= 0.3 is 0 Å². The van der Waals surface area contributed by atoms with Gasteiger partial charge in [0.25, 0.3) is 0 Å². The molecule has 0 atom stereocenters. The summed E-state index contributed by atoms with van der Waals surface area (Å²) in [6.07, 6.45) is 9.39. The Kier molecular flexibility index (Phi) is 5.05. The topological polar surface area (TPSA) is 95.3 Å². The van der Waals surface area contributed by atoms with E-state index in [-0.39, 0.29) is 13.2 Å². The number of aliphatic hydroxyl groups is 2. The first kappa shape index (κ1) is 17.3. The van der Waals surface area contributed by atoms with Crippen molar-refractivity contribution in [1.29, 1.82) is 0 Å². The molecule has 0 amide bonds. The van der Waals surface area contributed by atoms with Crippen LogP contribution in [0.2, 0.25) is 0 Å². The van der Waals surface area contributed by atoms with E-state index in [1.807, 2.05) is 4.90 Å². The highest BCUT2D eigenvalue weighted by Crippen LogP contribution is 2.40. The monoisotopic (exact) mass is 371 g/mol. The van der Waals surface area contributed by atoms with E-state index in [9.17, 15) is 10.2 Å². The van der Waals surface area contributed by atoms with E-state index >= 15 is 0 Å². The summed E-state index contributed by atoms with van der Waals surface area (Å²) in [6.45, 7) is 0.824. The minimum atomic E-state index is -0.00169. The summed E-state index contributed by atoms with van der Waals surface area (Å²) in [5.74, 6) is 1.30. The number of thiophene rings is 1. The predicted molar refractivity (Wildman–Crippen MR) is 101 cm³/mol. The van der Waals surface area contributed by atoms with Gasteiger partial charge in [0.05, 0.1) is 24.8 Å². The predicted octanol–water partition coefficient (Wildman–Crippen LogP) is 1.82. The molecule has 8 heteroatoms. The van der Waals surface area contributed by atoms with Crippen molar-refractivity contribution in [3.05, 3.63) is 29.0 Å². The van der Waals surface area contributed by atoms with Crippen LogP contribution in [0.25, 0.3) is 21.7 Å². The van der Waals surface area contributed by atoms with Crippen molar-refractivity contribution in [2.75, 3.05) is 31.2 Å². The van der Waals surface area contributed by atoms with Crippen LogP contribution in [-0.4, -0.2) is 56.5 Å². The second kappa shape index (κ2) is 7.61. The first-order valence-electron chi connectivity index (χ1n) is 8.87. The number of aryl methyl sites for hydroxylation is 2. The molecule has 0 aromatic carbocycles. The summed E-state index contributed by atoms with van der Waals surface area (Å²) in [6, 6.07) is 0. The van der Waals surface area contributed by atoms with E-state index in [0.717, 1.165) is 28.9 Å². The van der Waals surface area contributed by atoms with Crippen molar-refractivity contribution in [3.63, 3.8) is 0 Å². The highest BCUT2D eigenvalue weighted by molar-refractivity contribution is 7.19. The number of nitrogens with zero attached hydrogens (tertiary/aromatic N) is 5. The third-order valence-corrected chi connectivity index (χ3v) is 5.81. The van der Waals surface area contributed by atoms with E-state index < -0.39 is 0 Å². The molecular weight excluding hydrogens is 350 g/mol. The van der Waals surface area contributed by atoms with Crippen LogP contribution >= 0.6 is 11.3 Å². The molecule has 7 nitrogen and oxygen atoms in total. The zero-order valence-electron chi connectivity index (χ0n) is 14.4. The Morgan fingerprint density at radius 1 is 1.04 bits per heavy atom. The van der Waals surface area contributed by atoms with E-state index in [2.05, 4.69) is 9.97 Å². The molecule has 0 saturated heterocycles. The van der Waals surface area contributed by atoms with Gasteiger partial charge in [0.2, 0.25) is 0 Å². The highest BCUT2D eigenvalue weighted by atomic mass is 32.1. The van der Waals surface area contributed by atoms with Gasteiger partial charge in [-0.05, 0) is 31.2 Å². The summed E-state index contributed by atoms with van der Waals surface area (Å²) in [7, 11) is 0. The van der Waals surface area contributed by atoms with Crippen LogP contribution in [0.1, 0.15) is 23.3 Å². The maximum Gasteiger partial charge on any atom is 0.183 e. The van der Waals surface area contributed by atoms with E-state index in [0.29, 0.717) is 24.6 Å². The SMILES string of the molecule is OCCN(CCO)c1nc(-c2cnccn2)nc2sc3c(c12)CCCC3. The number of fused-ring (bicyclic) bond motifs is 3. The summed E-state index contributed by atoms with van der Waals surface area (Å²) in [4.78, 5) is 22.3. The Bertz CT molecular complexity index is 893. The van der Waals surface area contributed by atoms with Crippen LogP contribution in [0.4, 0.5) is 5.82 Å². The van der Waals surface area contributed by atoms with Crippen LogP contribution in [0, 0.1) is 0 Å². The van der Waals surface area contributed by atoms with Crippen molar-refractivity contribution >= 4 is 27.4 Å². The molecule has 0 radical (unpaired) electrons. The second-order valence-electron chi connectivity index (χ2n) is 6.29. The summed E-state index contributed by atoms with van der Waals surface area (Å²) in [5, 5.41) is 20.0. The van der Waals surface area contributed by atoms with Gasteiger partial charge in [-0.1, -0.05) is 0 Å². The molecule has 0 unspecified atom stereocenters. The first-order valence-corrected chi connectivity index (χ1v) is 9.69. The van der Waals surface area contributed by atoms with E-state index in [4.69, 9.17) is 9.97 Å². The normalized spacial score (nSPS) is 13.8. The number of anilines is 1. The Morgan fingerprint density at radius 3 is 2.58 bits per heavy atom. The number of hydrogen-bond acceptors (Lipinski definition) is 8. The number of hydrogen-bond donors (Lipinski definition) is 2. The van der Waals surface area contributed by atoms with Crippen molar-refractivity contribution in [2.45, 2.75) is 25.7 Å². The molecule has 136 valence electrons.